The molecular weight excluding hydrogens is 402 g/mol. The summed E-state index contributed by atoms with van der Waals surface area (Å²) in [6.07, 6.45) is 3.71. The van der Waals surface area contributed by atoms with E-state index >= 15 is 0 Å². The molecule has 0 saturated carbocycles. The number of benzene rings is 2. The van der Waals surface area contributed by atoms with Crippen molar-refractivity contribution in [1.82, 2.24) is 35.0 Å². The molecule has 0 radical (unpaired) electrons. The number of H-pyrrole nitrogens is 1. The molecule has 0 bridgehead atoms. The smallest absolute Gasteiger partial charge is 0.267 e. The quantitative estimate of drug-likeness (QED) is 0.427. The van der Waals surface area contributed by atoms with Crippen LogP contribution in [-0.2, 0) is 13.1 Å². The average molecular weight is 425 g/mol. The number of unbranched alkanes of at least 4 members (excludes halogenated alkanes) is 1. The van der Waals surface area contributed by atoms with Gasteiger partial charge in [0.2, 0.25) is 5.82 Å². The Hall–Kier alpha value is -4.07. The fourth-order valence-electron chi connectivity index (χ4n) is 3.99. The van der Waals surface area contributed by atoms with Gasteiger partial charge in [-0.25, -0.2) is 9.67 Å². The van der Waals surface area contributed by atoms with Gasteiger partial charge in [-0.1, -0.05) is 61.9 Å². The van der Waals surface area contributed by atoms with Crippen molar-refractivity contribution < 1.29 is 0 Å². The Morgan fingerprint density at radius 1 is 0.938 bits per heavy atom. The van der Waals surface area contributed by atoms with Crippen LogP contribution in [0.1, 0.15) is 25.3 Å². The van der Waals surface area contributed by atoms with Crippen LogP contribution >= 0.6 is 0 Å². The van der Waals surface area contributed by atoms with Gasteiger partial charge in [0.15, 0.2) is 5.65 Å². The molecule has 5 rings (SSSR count). The highest BCUT2D eigenvalue weighted by Crippen LogP contribution is 2.29. The van der Waals surface area contributed by atoms with Crippen molar-refractivity contribution in [1.29, 1.82) is 0 Å². The molecule has 3 heterocycles. The van der Waals surface area contributed by atoms with E-state index < -0.39 is 0 Å². The van der Waals surface area contributed by atoms with Gasteiger partial charge in [-0.3, -0.25) is 9.48 Å². The lowest BCUT2D eigenvalue weighted by atomic mass is 9.98. The Labute approximate surface area is 184 Å². The van der Waals surface area contributed by atoms with E-state index in [9.17, 15) is 4.79 Å². The second-order valence-electron chi connectivity index (χ2n) is 7.69. The molecule has 0 unspecified atom stereocenters. The SMILES string of the molecule is CCCCn1c(=O)c2cccnc2n1Cc1ccc(-c2ccccc2-c2nn[nH]n2)cc1. The highest BCUT2D eigenvalue weighted by Gasteiger charge is 2.15. The van der Waals surface area contributed by atoms with Gasteiger partial charge in [-0.2, -0.15) is 5.21 Å². The van der Waals surface area contributed by atoms with Crippen molar-refractivity contribution in [3.8, 4) is 22.5 Å². The second kappa shape index (κ2) is 8.58. The molecule has 1 N–H and O–H groups in total. The van der Waals surface area contributed by atoms with Gasteiger partial charge in [-0.05, 0) is 40.5 Å². The normalized spacial score (nSPS) is 11.3. The van der Waals surface area contributed by atoms with Crippen molar-refractivity contribution in [2.45, 2.75) is 32.9 Å². The molecule has 160 valence electrons. The Kier molecular flexibility index (Phi) is 5.33. The van der Waals surface area contributed by atoms with Crippen molar-refractivity contribution in [3.63, 3.8) is 0 Å². The number of aromatic amines is 1. The van der Waals surface area contributed by atoms with E-state index in [2.05, 4.69) is 56.8 Å². The van der Waals surface area contributed by atoms with Crippen molar-refractivity contribution in [2.75, 3.05) is 0 Å². The van der Waals surface area contributed by atoms with Gasteiger partial charge in [0.25, 0.3) is 5.56 Å². The first-order valence-electron chi connectivity index (χ1n) is 10.7. The summed E-state index contributed by atoms with van der Waals surface area (Å²) in [7, 11) is 0. The minimum absolute atomic E-state index is 0.0206. The predicted molar refractivity (Wildman–Crippen MR) is 123 cm³/mol. The minimum atomic E-state index is 0.0206. The number of aromatic nitrogens is 7. The topological polar surface area (TPSA) is 94.3 Å². The monoisotopic (exact) mass is 425 g/mol. The third-order valence-corrected chi connectivity index (χ3v) is 5.62. The number of fused-ring (bicyclic) bond motifs is 1. The van der Waals surface area contributed by atoms with Gasteiger partial charge in [0.05, 0.1) is 11.9 Å². The van der Waals surface area contributed by atoms with Crippen molar-refractivity contribution in [3.05, 3.63) is 82.8 Å². The molecular formula is C24H23N7O. The summed E-state index contributed by atoms with van der Waals surface area (Å²) in [4.78, 5) is 17.4. The first-order valence-corrected chi connectivity index (χ1v) is 10.7. The van der Waals surface area contributed by atoms with E-state index in [1.807, 2.05) is 45.8 Å². The lowest BCUT2D eigenvalue weighted by Gasteiger charge is -2.13. The Morgan fingerprint density at radius 2 is 1.75 bits per heavy atom. The zero-order valence-electron chi connectivity index (χ0n) is 17.8. The molecule has 0 fully saturated rings. The minimum Gasteiger partial charge on any atom is -0.267 e. The molecule has 8 nitrogen and oxygen atoms in total. The fourth-order valence-corrected chi connectivity index (χ4v) is 3.99. The third kappa shape index (κ3) is 3.60. The van der Waals surface area contributed by atoms with Crippen molar-refractivity contribution >= 4 is 11.0 Å². The van der Waals surface area contributed by atoms with E-state index in [4.69, 9.17) is 0 Å². The lowest BCUT2D eigenvalue weighted by molar-refractivity contribution is 0.460. The molecule has 0 amide bonds. The molecule has 8 heteroatoms. The van der Waals surface area contributed by atoms with Gasteiger partial charge in [0, 0.05) is 18.3 Å². The van der Waals surface area contributed by atoms with Crippen LogP contribution in [0.15, 0.2) is 71.7 Å². The summed E-state index contributed by atoms with van der Waals surface area (Å²) in [5.74, 6) is 0.564. The molecule has 0 aliphatic carbocycles. The van der Waals surface area contributed by atoms with Gasteiger partial charge >= 0.3 is 0 Å². The van der Waals surface area contributed by atoms with Crippen LogP contribution in [0.25, 0.3) is 33.5 Å². The summed E-state index contributed by atoms with van der Waals surface area (Å²) in [5, 5.41) is 15.1. The maximum absolute atomic E-state index is 12.9. The van der Waals surface area contributed by atoms with Crippen molar-refractivity contribution in [2.24, 2.45) is 0 Å². The highest BCUT2D eigenvalue weighted by atomic mass is 16.1. The fraction of sp³-hybridized carbons (Fsp3) is 0.208. The maximum atomic E-state index is 12.9. The van der Waals surface area contributed by atoms with Crippen LogP contribution in [0.3, 0.4) is 0 Å². The van der Waals surface area contributed by atoms with E-state index in [0.717, 1.165) is 40.7 Å². The van der Waals surface area contributed by atoms with E-state index in [1.165, 1.54) is 0 Å². The summed E-state index contributed by atoms with van der Waals surface area (Å²) < 4.78 is 3.82. The van der Waals surface area contributed by atoms with Crippen LogP contribution in [-0.4, -0.2) is 35.0 Å². The average Bonchev–Trinajstić information content (AvgIpc) is 3.46. The molecule has 0 aliphatic heterocycles. The molecule has 0 atom stereocenters. The van der Waals surface area contributed by atoms with Crippen LogP contribution in [0.4, 0.5) is 0 Å². The number of nitrogens with one attached hydrogen (secondary N) is 1. The first kappa shape index (κ1) is 19.9. The van der Waals surface area contributed by atoms with Crippen LogP contribution in [0.2, 0.25) is 0 Å². The second-order valence-corrected chi connectivity index (χ2v) is 7.69. The van der Waals surface area contributed by atoms with Crippen LogP contribution in [0, 0.1) is 0 Å². The predicted octanol–water partition coefficient (Wildman–Crippen LogP) is 3.89. The standard InChI is InChI=1S/C24H23N7O/c1-2-3-15-30-24(32)21-9-6-14-25-23(21)31(30)16-17-10-12-18(13-11-17)19-7-4-5-8-20(19)22-26-28-29-27-22/h4-14H,2-3,15-16H2,1H3,(H,26,27,28,29). The van der Waals surface area contributed by atoms with E-state index in [1.54, 1.807) is 6.20 Å². The molecule has 0 aliphatic rings. The first-order chi connectivity index (χ1) is 15.8. The summed E-state index contributed by atoms with van der Waals surface area (Å²) in [6, 6.07) is 20.0. The summed E-state index contributed by atoms with van der Waals surface area (Å²) >= 11 is 0. The number of hydrogen-bond donors (Lipinski definition) is 1. The number of tetrazole rings is 1. The molecule has 5 aromatic rings. The van der Waals surface area contributed by atoms with Gasteiger partial charge in [-0.15, -0.1) is 10.2 Å². The molecule has 0 saturated heterocycles. The number of nitrogens with zero attached hydrogens (tertiary/aromatic N) is 6. The zero-order valence-corrected chi connectivity index (χ0v) is 17.8. The highest BCUT2D eigenvalue weighted by molar-refractivity contribution is 5.80. The molecule has 32 heavy (non-hydrogen) atoms. The van der Waals surface area contributed by atoms with E-state index in [-0.39, 0.29) is 5.56 Å². The summed E-state index contributed by atoms with van der Waals surface area (Å²) in [6.45, 7) is 3.38. The summed E-state index contributed by atoms with van der Waals surface area (Å²) in [5.41, 5.74) is 4.86. The number of hydrogen-bond acceptors (Lipinski definition) is 5. The van der Waals surface area contributed by atoms with Gasteiger partial charge < -0.3 is 0 Å². The Bertz CT molecular complexity index is 1400. The Balaban J connectivity index is 1.50. The zero-order chi connectivity index (χ0) is 21.9. The Morgan fingerprint density at radius 3 is 2.50 bits per heavy atom. The lowest BCUT2D eigenvalue weighted by Crippen LogP contribution is -2.23. The third-order valence-electron chi connectivity index (χ3n) is 5.62. The number of rotatable bonds is 7. The molecule has 0 spiro atoms. The molecule has 2 aromatic carbocycles. The largest absolute Gasteiger partial charge is 0.276 e. The van der Waals surface area contributed by atoms with Crippen LogP contribution < -0.4 is 5.56 Å². The van der Waals surface area contributed by atoms with Gasteiger partial charge in [0.1, 0.15) is 0 Å². The van der Waals surface area contributed by atoms with Crippen LogP contribution in [0.5, 0.6) is 0 Å². The molecule has 3 aromatic heterocycles. The number of pyridine rings is 1. The maximum Gasteiger partial charge on any atom is 0.276 e. The van der Waals surface area contributed by atoms with E-state index in [0.29, 0.717) is 24.3 Å².